The molecule has 0 bridgehead atoms. The van der Waals surface area contributed by atoms with Crippen molar-refractivity contribution in [2.45, 2.75) is 20.0 Å². The molecule has 0 saturated carbocycles. The first-order valence-corrected chi connectivity index (χ1v) is 4.79. The first kappa shape index (κ1) is 14.1. The molecule has 15 heavy (non-hydrogen) atoms. The zero-order chi connectivity index (χ0) is 11.7. The molecular weight excluding hydrogens is 200 g/mol. The highest BCUT2D eigenvalue weighted by Crippen LogP contribution is 2.00. The van der Waals surface area contributed by atoms with Crippen molar-refractivity contribution in [1.29, 1.82) is 0 Å². The summed E-state index contributed by atoms with van der Waals surface area (Å²) in [5, 5.41) is 9.00. The molecule has 0 radical (unpaired) electrons. The lowest BCUT2D eigenvalue weighted by Gasteiger charge is -2.09. The Labute approximate surface area is 89.6 Å². The van der Waals surface area contributed by atoms with Crippen LogP contribution in [-0.4, -0.2) is 43.8 Å². The van der Waals surface area contributed by atoms with Gasteiger partial charge in [0.2, 0.25) is 0 Å². The number of esters is 1. The molecule has 0 aromatic carbocycles. The van der Waals surface area contributed by atoms with Crippen molar-refractivity contribution in [3.63, 3.8) is 0 Å². The van der Waals surface area contributed by atoms with E-state index in [1.54, 1.807) is 0 Å². The second kappa shape index (κ2) is 8.40. The van der Waals surface area contributed by atoms with E-state index in [9.17, 15) is 4.79 Å². The second-order valence-electron chi connectivity index (χ2n) is 2.86. The van der Waals surface area contributed by atoms with E-state index >= 15 is 0 Å². The van der Waals surface area contributed by atoms with Gasteiger partial charge in [0.25, 0.3) is 0 Å². The van der Waals surface area contributed by atoms with Gasteiger partial charge in [-0.2, -0.15) is 0 Å². The van der Waals surface area contributed by atoms with Crippen LogP contribution >= 0.6 is 0 Å². The van der Waals surface area contributed by atoms with Crippen LogP contribution in [-0.2, 0) is 19.0 Å². The maximum absolute atomic E-state index is 11.1. The normalized spacial score (nSPS) is 12.2. The zero-order valence-corrected chi connectivity index (χ0v) is 9.19. The maximum atomic E-state index is 11.1. The molecule has 1 N–H and O–H groups in total. The van der Waals surface area contributed by atoms with Gasteiger partial charge < -0.3 is 19.3 Å². The van der Waals surface area contributed by atoms with Gasteiger partial charge in [0.05, 0.1) is 24.9 Å². The van der Waals surface area contributed by atoms with E-state index in [1.165, 1.54) is 6.92 Å². The summed E-state index contributed by atoms with van der Waals surface area (Å²) in [4.78, 5) is 11.1. The van der Waals surface area contributed by atoms with Crippen LogP contribution in [0.5, 0.6) is 0 Å². The van der Waals surface area contributed by atoms with Crippen LogP contribution in [0.2, 0.25) is 0 Å². The van der Waals surface area contributed by atoms with Crippen LogP contribution in [0.25, 0.3) is 0 Å². The van der Waals surface area contributed by atoms with Crippen molar-refractivity contribution in [2.24, 2.45) is 0 Å². The van der Waals surface area contributed by atoms with Crippen molar-refractivity contribution in [2.75, 3.05) is 26.6 Å². The average Bonchev–Trinajstić information content (AvgIpc) is 2.21. The second-order valence-corrected chi connectivity index (χ2v) is 2.86. The Kier molecular flexibility index (Phi) is 7.89. The number of carbonyl (C=O) groups is 1. The molecule has 0 aromatic heterocycles. The van der Waals surface area contributed by atoms with Gasteiger partial charge in [-0.25, -0.2) is 4.79 Å². The molecule has 0 aliphatic carbocycles. The first-order chi connectivity index (χ1) is 7.09. The standard InChI is InChI=1S/C10H18O5/c1-4-13-5-6-14-7-15-10(12)8(2)9(3)11/h9,11H,2,4-7H2,1,3H3. The van der Waals surface area contributed by atoms with Crippen molar-refractivity contribution in [3.8, 4) is 0 Å². The molecule has 0 fully saturated rings. The topological polar surface area (TPSA) is 65.0 Å². The SMILES string of the molecule is C=C(C(=O)OCOCCOCC)C(C)O. The van der Waals surface area contributed by atoms with Crippen molar-refractivity contribution in [3.05, 3.63) is 12.2 Å². The van der Waals surface area contributed by atoms with Gasteiger partial charge in [-0.15, -0.1) is 0 Å². The highest BCUT2D eigenvalue weighted by Gasteiger charge is 2.12. The number of hydrogen-bond donors (Lipinski definition) is 1. The smallest absolute Gasteiger partial charge is 0.338 e. The van der Waals surface area contributed by atoms with Gasteiger partial charge in [0.1, 0.15) is 0 Å². The third-order valence-electron chi connectivity index (χ3n) is 1.62. The molecule has 0 aliphatic heterocycles. The number of ether oxygens (including phenoxy) is 3. The summed E-state index contributed by atoms with van der Waals surface area (Å²) < 4.78 is 14.6. The van der Waals surface area contributed by atoms with Crippen LogP contribution in [0.1, 0.15) is 13.8 Å². The van der Waals surface area contributed by atoms with E-state index in [0.717, 1.165) is 0 Å². The van der Waals surface area contributed by atoms with E-state index in [2.05, 4.69) is 11.3 Å². The van der Waals surface area contributed by atoms with Crippen LogP contribution in [0.4, 0.5) is 0 Å². The van der Waals surface area contributed by atoms with Gasteiger partial charge in [-0.05, 0) is 13.8 Å². The summed E-state index contributed by atoms with van der Waals surface area (Å²) in [6.07, 6.45) is -0.902. The minimum absolute atomic E-state index is 0.0170. The van der Waals surface area contributed by atoms with Crippen molar-refractivity contribution < 1.29 is 24.1 Å². The number of carbonyl (C=O) groups excluding carboxylic acids is 1. The molecule has 0 rings (SSSR count). The fourth-order valence-electron chi connectivity index (χ4n) is 0.680. The van der Waals surface area contributed by atoms with Crippen molar-refractivity contribution in [1.82, 2.24) is 0 Å². The van der Waals surface area contributed by atoms with Crippen molar-refractivity contribution >= 4 is 5.97 Å². The minimum atomic E-state index is -0.902. The van der Waals surface area contributed by atoms with E-state index in [0.29, 0.717) is 19.8 Å². The highest BCUT2D eigenvalue weighted by atomic mass is 16.7. The fraction of sp³-hybridized carbons (Fsp3) is 0.700. The van der Waals surface area contributed by atoms with Gasteiger partial charge in [-0.1, -0.05) is 6.58 Å². The lowest BCUT2D eigenvalue weighted by molar-refractivity contribution is -0.153. The Balaban J connectivity index is 3.43. The minimum Gasteiger partial charge on any atom is -0.435 e. The summed E-state index contributed by atoms with van der Waals surface area (Å²) in [5.41, 5.74) is 0.0170. The summed E-state index contributed by atoms with van der Waals surface area (Å²) in [7, 11) is 0. The Bertz CT molecular complexity index is 200. The first-order valence-electron chi connectivity index (χ1n) is 4.79. The predicted octanol–water partition coefficient (Wildman–Crippen LogP) is 0.477. The molecule has 1 atom stereocenters. The van der Waals surface area contributed by atoms with Crippen LogP contribution in [0.3, 0.4) is 0 Å². The third kappa shape index (κ3) is 7.07. The Morgan fingerprint density at radius 2 is 2.00 bits per heavy atom. The molecule has 0 amide bonds. The van der Waals surface area contributed by atoms with Crippen LogP contribution < -0.4 is 0 Å². The molecule has 5 nitrogen and oxygen atoms in total. The molecule has 0 saturated heterocycles. The molecule has 88 valence electrons. The highest BCUT2D eigenvalue weighted by molar-refractivity contribution is 5.88. The third-order valence-corrected chi connectivity index (χ3v) is 1.62. The summed E-state index contributed by atoms with van der Waals surface area (Å²) >= 11 is 0. The largest absolute Gasteiger partial charge is 0.435 e. The maximum Gasteiger partial charge on any atom is 0.338 e. The lowest BCUT2D eigenvalue weighted by atomic mass is 10.2. The number of rotatable bonds is 8. The molecule has 0 spiro atoms. The molecule has 0 aromatic rings. The molecule has 0 aliphatic rings. The van der Waals surface area contributed by atoms with E-state index in [1.807, 2.05) is 6.92 Å². The predicted molar refractivity (Wildman–Crippen MR) is 54.2 cm³/mol. The number of hydrogen-bond acceptors (Lipinski definition) is 5. The summed E-state index contributed by atoms with van der Waals surface area (Å²) in [6.45, 7) is 8.00. The van der Waals surface area contributed by atoms with Gasteiger partial charge in [0.15, 0.2) is 6.79 Å². The monoisotopic (exact) mass is 218 g/mol. The summed E-state index contributed by atoms with van der Waals surface area (Å²) in [6, 6.07) is 0. The quantitative estimate of drug-likeness (QED) is 0.278. The Hall–Kier alpha value is -0.910. The number of aliphatic hydroxyl groups excluding tert-OH is 1. The zero-order valence-electron chi connectivity index (χ0n) is 9.19. The summed E-state index contributed by atoms with van der Waals surface area (Å²) in [5.74, 6) is -0.651. The Morgan fingerprint density at radius 3 is 2.53 bits per heavy atom. The van der Waals surface area contributed by atoms with Gasteiger partial charge in [0, 0.05) is 6.61 Å². The molecule has 0 heterocycles. The van der Waals surface area contributed by atoms with E-state index < -0.39 is 12.1 Å². The van der Waals surface area contributed by atoms with Crippen LogP contribution in [0.15, 0.2) is 12.2 Å². The van der Waals surface area contributed by atoms with E-state index in [-0.39, 0.29) is 12.4 Å². The molecule has 5 heteroatoms. The molecule has 1 unspecified atom stereocenters. The van der Waals surface area contributed by atoms with Gasteiger partial charge in [-0.3, -0.25) is 0 Å². The van der Waals surface area contributed by atoms with E-state index in [4.69, 9.17) is 14.6 Å². The Morgan fingerprint density at radius 1 is 1.40 bits per heavy atom. The lowest BCUT2D eigenvalue weighted by Crippen LogP contribution is -2.18. The molecular formula is C10H18O5. The van der Waals surface area contributed by atoms with Gasteiger partial charge >= 0.3 is 5.97 Å². The van der Waals surface area contributed by atoms with Crippen LogP contribution in [0, 0.1) is 0 Å². The average molecular weight is 218 g/mol. The number of aliphatic hydroxyl groups is 1. The fourth-order valence-corrected chi connectivity index (χ4v) is 0.680.